The topological polar surface area (TPSA) is 116 Å². The standard InChI is InChI=1S/C19H22N2O5S/c1-19(2,3)14-9-7-13(8-10-14)18(23)26-12-17(22)21-15-5-4-6-16(11-15)27(20,24)25/h4-11H,12H2,1-3H3,(H,21,22)(H2,20,24,25). The summed E-state index contributed by atoms with van der Waals surface area (Å²) in [7, 11) is -3.87. The number of nitrogens with two attached hydrogens (primary N) is 1. The van der Waals surface area contributed by atoms with Crippen molar-refractivity contribution in [2.75, 3.05) is 11.9 Å². The van der Waals surface area contributed by atoms with Gasteiger partial charge in [-0.15, -0.1) is 0 Å². The monoisotopic (exact) mass is 390 g/mol. The lowest BCUT2D eigenvalue weighted by molar-refractivity contribution is -0.119. The van der Waals surface area contributed by atoms with Gasteiger partial charge in [0.1, 0.15) is 0 Å². The van der Waals surface area contributed by atoms with Crippen LogP contribution in [0.15, 0.2) is 53.4 Å². The number of rotatable bonds is 5. The summed E-state index contributed by atoms with van der Waals surface area (Å²) in [6, 6.07) is 12.5. The summed E-state index contributed by atoms with van der Waals surface area (Å²) in [5.41, 5.74) is 1.61. The maximum Gasteiger partial charge on any atom is 0.338 e. The third-order valence-corrected chi connectivity index (χ3v) is 4.68. The van der Waals surface area contributed by atoms with E-state index < -0.39 is 28.5 Å². The highest BCUT2D eigenvalue weighted by Gasteiger charge is 2.16. The SMILES string of the molecule is CC(C)(C)c1ccc(C(=O)OCC(=O)Nc2cccc(S(N)(=O)=O)c2)cc1. The quantitative estimate of drug-likeness (QED) is 0.761. The molecule has 0 saturated carbocycles. The van der Waals surface area contributed by atoms with Crippen molar-refractivity contribution in [2.24, 2.45) is 5.14 Å². The van der Waals surface area contributed by atoms with Gasteiger partial charge in [-0.25, -0.2) is 18.4 Å². The van der Waals surface area contributed by atoms with Crippen molar-refractivity contribution in [3.05, 3.63) is 59.7 Å². The smallest absolute Gasteiger partial charge is 0.338 e. The summed E-state index contributed by atoms with van der Waals surface area (Å²) in [4.78, 5) is 23.8. The maximum atomic E-state index is 12.1. The second-order valence-corrected chi connectivity index (χ2v) is 8.59. The fourth-order valence-electron chi connectivity index (χ4n) is 2.27. The van der Waals surface area contributed by atoms with Gasteiger partial charge < -0.3 is 10.1 Å². The van der Waals surface area contributed by atoms with Crippen molar-refractivity contribution in [3.63, 3.8) is 0 Å². The Kier molecular flexibility index (Phi) is 6.02. The summed E-state index contributed by atoms with van der Waals surface area (Å²) >= 11 is 0. The molecule has 8 heteroatoms. The van der Waals surface area contributed by atoms with Gasteiger partial charge in [-0.2, -0.15) is 0 Å². The molecule has 0 heterocycles. The molecule has 1 amide bonds. The summed E-state index contributed by atoms with van der Waals surface area (Å²) in [6.45, 7) is 5.69. The summed E-state index contributed by atoms with van der Waals surface area (Å²) in [5, 5.41) is 7.50. The number of anilines is 1. The van der Waals surface area contributed by atoms with Crippen molar-refractivity contribution in [3.8, 4) is 0 Å². The second-order valence-electron chi connectivity index (χ2n) is 7.02. The highest BCUT2D eigenvalue weighted by molar-refractivity contribution is 7.89. The number of nitrogens with one attached hydrogen (secondary N) is 1. The molecule has 7 nitrogen and oxygen atoms in total. The van der Waals surface area contributed by atoms with Crippen LogP contribution < -0.4 is 10.5 Å². The van der Waals surface area contributed by atoms with Gasteiger partial charge in [-0.1, -0.05) is 39.0 Å². The third-order valence-electron chi connectivity index (χ3n) is 3.77. The molecule has 0 saturated heterocycles. The van der Waals surface area contributed by atoms with Crippen LogP contribution in [0.25, 0.3) is 0 Å². The van der Waals surface area contributed by atoms with Crippen LogP contribution in [0, 0.1) is 0 Å². The molecule has 0 radical (unpaired) electrons. The molecule has 0 aliphatic heterocycles. The number of carbonyl (C=O) groups excluding carboxylic acids is 2. The normalized spacial score (nSPS) is 11.7. The van der Waals surface area contributed by atoms with E-state index in [2.05, 4.69) is 26.1 Å². The number of esters is 1. The Balaban J connectivity index is 1.95. The van der Waals surface area contributed by atoms with Crippen molar-refractivity contribution in [2.45, 2.75) is 31.1 Å². The Labute approximate surface area is 158 Å². The van der Waals surface area contributed by atoms with E-state index in [1.165, 1.54) is 24.3 Å². The first-order valence-corrected chi connectivity index (χ1v) is 9.72. The zero-order valence-corrected chi connectivity index (χ0v) is 16.2. The Hall–Kier alpha value is -2.71. The minimum atomic E-state index is -3.87. The summed E-state index contributed by atoms with van der Waals surface area (Å²) in [5.74, 6) is -1.22. The van der Waals surface area contributed by atoms with Crippen LogP contribution in [0.3, 0.4) is 0 Å². The van der Waals surface area contributed by atoms with Crippen molar-refractivity contribution in [1.29, 1.82) is 0 Å². The number of hydrogen-bond donors (Lipinski definition) is 2. The van der Waals surface area contributed by atoms with E-state index in [4.69, 9.17) is 9.88 Å². The van der Waals surface area contributed by atoms with Crippen molar-refractivity contribution in [1.82, 2.24) is 0 Å². The highest BCUT2D eigenvalue weighted by Crippen LogP contribution is 2.22. The van der Waals surface area contributed by atoms with E-state index in [1.54, 1.807) is 12.1 Å². The molecule has 0 aliphatic rings. The fraction of sp³-hybridized carbons (Fsp3) is 0.263. The number of hydrogen-bond acceptors (Lipinski definition) is 5. The maximum absolute atomic E-state index is 12.1. The Morgan fingerprint density at radius 3 is 2.26 bits per heavy atom. The van der Waals surface area contributed by atoms with Gasteiger partial charge in [-0.3, -0.25) is 4.79 Å². The zero-order chi connectivity index (χ0) is 20.2. The van der Waals surface area contributed by atoms with Crippen LogP contribution in [-0.2, 0) is 25.0 Å². The molecule has 27 heavy (non-hydrogen) atoms. The minimum absolute atomic E-state index is 0.0339. The lowest BCUT2D eigenvalue weighted by Crippen LogP contribution is -2.21. The number of amides is 1. The van der Waals surface area contributed by atoms with Gasteiger partial charge in [-0.05, 0) is 41.3 Å². The molecule has 2 aromatic rings. The highest BCUT2D eigenvalue weighted by atomic mass is 32.2. The van der Waals surface area contributed by atoms with Crippen molar-refractivity contribution < 1.29 is 22.7 Å². The molecule has 2 aromatic carbocycles. The average molecular weight is 390 g/mol. The molecule has 0 aliphatic carbocycles. The largest absolute Gasteiger partial charge is 0.452 e. The first-order valence-electron chi connectivity index (χ1n) is 8.17. The van der Waals surface area contributed by atoms with Gasteiger partial charge in [0.15, 0.2) is 6.61 Å². The molecule has 0 atom stereocenters. The molecule has 0 aromatic heterocycles. The van der Waals surface area contributed by atoms with Crippen molar-refractivity contribution >= 4 is 27.6 Å². The molecule has 3 N–H and O–H groups in total. The van der Waals surface area contributed by atoms with Gasteiger partial charge >= 0.3 is 5.97 Å². The van der Waals surface area contributed by atoms with Crippen LogP contribution in [0.5, 0.6) is 0 Å². The molecule has 2 rings (SSSR count). The van der Waals surface area contributed by atoms with E-state index in [1.807, 2.05) is 12.1 Å². The minimum Gasteiger partial charge on any atom is -0.452 e. The summed E-state index contributed by atoms with van der Waals surface area (Å²) in [6.07, 6.45) is 0. The van der Waals surface area contributed by atoms with Gasteiger partial charge in [0.25, 0.3) is 5.91 Å². The first-order chi connectivity index (χ1) is 12.5. The number of sulfonamides is 1. The molecule has 144 valence electrons. The fourth-order valence-corrected chi connectivity index (χ4v) is 2.83. The Bertz CT molecular complexity index is 945. The molecule has 0 unspecified atom stereocenters. The molecule has 0 spiro atoms. The third kappa shape index (κ3) is 5.90. The molecular formula is C19H22N2O5S. The van der Waals surface area contributed by atoms with E-state index in [0.717, 1.165) is 5.56 Å². The predicted molar refractivity (Wildman–Crippen MR) is 102 cm³/mol. The number of primary sulfonamides is 1. The Morgan fingerprint density at radius 1 is 1.07 bits per heavy atom. The van der Waals surface area contributed by atoms with Crippen LogP contribution in [0.2, 0.25) is 0 Å². The first kappa shape index (κ1) is 20.6. The van der Waals surface area contributed by atoms with Gasteiger partial charge in [0.05, 0.1) is 10.5 Å². The lowest BCUT2D eigenvalue weighted by Gasteiger charge is -2.18. The second kappa shape index (κ2) is 7.89. The van der Waals surface area contributed by atoms with Crippen LogP contribution in [0.4, 0.5) is 5.69 Å². The average Bonchev–Trinajstić information content (AvgIpc) is 2.58. The number of carbonyl (C=O) groups is 2. The van der Waals surface area contributed by atoms with Crippen LogP contribution in [-0.4, -0.2) is 26.9 Å². The van der Waals surface area contributed by atoms with E-state index in [-0.39, 0.29) is 16.0 Å². The van der Waals surface area contributed by atoms with Gasteiger partial charge in [0.2, 0.25) is 10.0 Å². The number of benzene rings is 2. The van der Waals surface area contributed by atoms with E-state index in [9.17, 15) is 18.0 Å². The zero-order valence-electron chi connectivity index (χ0n) is 15.4. The lowest BCUT2D eigenvalue weighted by atomic mass is 9.87. The van der Waals surface area contributed by atoms with Crippen LogP contribution >= 0.6 is 0 Å². The van der Waals surface area contributed by atoms with E-state index >= 15 is 0 Å². The molecule has 0 fully saturated rings. The summed E-state index contributed by atoms with van der Waals surface area (Å²) < 4.78 is 27.6. The molecular weight excluding hydrogens is 368 g/mol. The predicted octanol–water partition coefficient (Wildman–Crippen LogP) is 2.43. The Morgan fingerprint density at radius 2 is 1.70 bits per heavy atom. The van der Waals surface area contributed by atoms with Gasteiger partial charge in [0, 0.05) is 5.69 Å². The number of ether oxygens (including phenoxy) is 1. The van der Waals surface area contributed by atoms with E-state index in [0.29, 0.717) is 5.56 Å². The van der Waals surface area contributed by atoms with Crippen LogP contribution in [0.1, 0.15) is 36.7 Å². The molecule has 0 bridgehead atoms.